The molecule has 3 N–H and O–H groups in total. The summed E-state index contributed by atoms with van der Waals surface area (Å²) in [6.07, 6.45) is -3.26. The molecule has 0 spiro atoms. The number of anilines is 1. The summed E-state index contributed by atoms with van der Waals surface area (Å²) < 4.78 is 32.9. The topological polar surface area (TPSA) is 90.4 Å². The Balaban J connectivity index is 2.49. The zero-order valence-electron chi connectivity index (χ0n) is 11.1. The first-order chi connectivity index (χ1) is 10.0. The molecule has 21 heavy (non-hydrogen) atoms. The van der Waals surface area contributed by atoms with E-state index in [9.17, 15) is 13.6 Å². The van der Waals surface area contributed by atoms with Crippen LogP contribution in [0.4, 0.5) is 14.6 Å². The van der Waals surface area contributed by atoms with Crippen LogP contribution < -0.4 is 11.4 Å². The maximum absolute atomic E-state index is 14.2. The molecule has 0 amide bonds. The van der Waals surface area contributed by atoms with Crippen molar-refractivity contribution in [3.8, 4) is 11.8 Å². The van der Waals surface area contributed by atoms with Gasteiger partial charge in [0.1, 0.15) is 11.9 Å². The maximum atomic E-state index is 14.2. The van der Waals surface area contributed by atoms with E-state index in [2.05, 4.69) is 16.8 Å². The van der Waals surface area contributed by atoms with Crippen molar-refractivity contribution < 1.29 is 18.6 Å². The first kappa shape index (κ1) is 15.2. The number of nitrogen functional groups attached to an aromatic ring is 1. The molecule has 1 aliphatic rings. The van der Waals surface area contributed by atoms with Crippen LogP contribution in [0.15, 0.2) is 22.9 Å². The molecule has 1 saturated heterocycles. The van der Waals surface area contributed by atoms with E-state index in [-0.39, 0.29) is 23.3 Å². The zero-order chi connectivity index (χ0) is 15.6. The van der Waals surface area contributed by atoms with Crippen LogP contribution in [0.3, 0.4) is 0 Å². The molecule has 6 nitrogen and oxygen atoms in total. The molecule has 0 saturated carbocycles. The lowest BCUT2D eigenvalue weighted by Gasteiger charge is -2.16. The summed E-state index contributed by atoms with van der Waals surface area (Å²) in [6, 6.07) is 0. The van der Waals surface area contributed by atoms with Gasteiger partial charge in [0.25, 0.3) is 0 Å². The summed E-state index contributed by atoms with van der Waals surface area (Å²) in [5, 5.41) is 9.06. The average Bonchev–Trinajstić information content (AvgIpc) is 2.78. The van der Waals surface area contributed by atoms with Gasteiger partial charge < -0.3 is 15.6 Å². The monoisotopic (exact) mass is 297 g/mol. The van der Waals surface area contributed by atoms with Gasteiger partial charge in [0.2, 0.25) is 0 Å². The summed E-state index contributed by atoms with van der Waals surface area (Å²) in [4.78, 5) is 15.4. The molecule has 3 unspecified atom stereocenters. The molecule has 0 aromatic carbocycles. The number of aliphatic hydroxyl groups is 1. The lowest BCUT2D eigenvalue weighted by molar-refractivity contribution is -0.0375. The van der Waals surface area contributed by atoms with Crippen molar-refractivity contribution in [3.63, 3.8) is 0 Å². The molecule has 1 aliphatic heterocycles. The minimum Gasteiger partial charge on any atom is -0.393 e. The van der Waals surface area contributed by atoms with E-state index >= 15 is 0 Å². The number of ether oxygens (including phenoxy) is 1. The largest absolute Gasteiger partial charge is 0.393 e. The van der Waals surface area contributed by atoms with Crippen LogP contribution in [0.25, 0.3) is 0 Å². The van der Waals surface area contributed by atoms with Crippen molar-refractivity contribution in [2.24, 2.45) is 0 Å². The third kappa shape index (κ3) is 2.66. The highest BCUT2D eigenvalue weighted by atomic mass is 19.1. The van der Waals surface area contributed by atoms with Gasteiger partial charge in [-0.15, -0.1) is 5.92 Å². The Morgan fingerprint density at radius 3 is 2.90 bits per heavy atom. The molecular formula is C13H13F2N3O3. The predicted octanol–water partition coefficient (Wildman–Crippen LogP) is 0.278. The second kappa shape index (κ2) is 6.03. The van der Waals surface area contributed by atoms with Crippen LogP contribution in [0.1, 0.15) is 18.7 Å². The number of halogens is 2. The van der Waals surface area contributed by atoms with Crippen molar-refractivity contribution in [2.75, 3.05) is 12.3 Å². The van der Waals surface area contributed by atoms with E-state index in [0.29, 0.717) is 0 Å². The Kier molecular flexibility index (Phi) is 4.35. The maximum Gasteiger partial charge on any atom is 0.351 e. The molecule has 2 rings (SSSR count). The van der Waals surface area contributed by atoms with E-state index in [4.69, 9.17) is 15.6 Å². The third-order valence-electron chi connectivity index (χ3n) is 3.05. The van der Waals surface area contributed by atoms with Gasteiger partial charge in [-0.3, -0.25) is 4.57 Å². The quantitative estimate of drug-likeness (QED) is 0.765. The number of nitrogens with two attached hydrogens (primary N) is 1. The smallest absolute Gasteiger partial charge is 0.351 e. The highest BCUT2D eigenvalue weighted by Crippen LogP contribution is 2.35. The molecule has 3 atom stereocenters. The van der Waals surface area contributed by atoms with Crippen LogP contribution in [-0.2, 0) is 4.74 Å². The Labute approximate surface area is 118 Å². The fourth-order valence-electron chi connectivity index (χ4n) is 2.04. The molecule has 0 aliphatic carbocycles. The number of nitrogens with zero attached hydrogens (tertiary/aromatic N) is 2. The zero-order valence-corrected chi connectivity index (χ0v) is 11.1. The lowest BCUT2D eigenvalue weighted by atomic mass is 10.1. The van der Waals surface area contributed by atoms with Crippen LogP contribution >= 0.6 is 0 Å². The summed E-state index contributed by atoms with van der Waals surface area (Å²) >= 11 is 0. The van der Waals surface area contributed by atoms with Crippen LogP contribution in [0, 0.1) is 11.8 Å². The summed E-state index contributed by atoms with van der Waals surface area (Å²) in [6.45, 7) is 0.954. The van der Waals surface area contributed by atoms with E-state index in [0.717, 1.165) is 4.57 Å². The highest BCUT2D eigenvalue weighted by molar-refractivity contribution is 5.48. The summed E-state index contributed by atoms with van der Waals surface area (Å²) in [5.41, 5.74) is 4.56. The van der Waals surface area contributed by atoms with Crippen LogP contribution in [0.5, 0.6) is 0 Å². The van der Waals surface area contributed by atoms with Gasteiger partial charge in [0, 0.05) is 11.8 Å². The molecule has 1 fully saturated rings. The van der Waals surface area contributed by atoms with Gasteiger partial charge >= 0.3 is 5.69 Å². The summed E-state index contributed by atoms with van der Waals surface area (Å²) in [5.74, 6) is 5.12. The minimum absolute atomic E-state index is 0.0358. The molecule has 8 heteroatoms. The van der Waals surface area contributed by atoms with Crippen molar-refractivity contribution >= 4 is 5.82 Å². The number of hydrogen-bond donors (Lipinski definition) is 2. The minimum atomic E-state index is -1.92. The van der Waals surface area contributed by atoms with Gasteiger partial charge in [-0.1, -0.05) is 5.92 Å². The van der Waals surface area contributed by atoms with Crippen molar-refractivity contribution in [2.45, 2.75) is 25.4 Å². The van der Waals surface area contributed by atoms with E-state index in [1.807, 2.05) is 0 Å². The van der Waals surface area contributed by atoms with Gasteiger partial charge in [-0.2, -0.15) is 4.98 Å². The number of aliphatic hydroxyl groups excluding tert-OH is 1. The van der Waals surface area contributed by atoms with Crippen molar-refractivity contribution in [3.05, 3.63) is 34.1 Å². The highest BCUT2D eigenvalue weighted by Gasteiger charge is 2.42. The van der Waals surface area contributed by atoms with Gasteiger partial charge in [0.05, 0.1) is 18.5 Å². The first-order valence-corrected chi connectivity index (χ1v) is 6.05. The van der Waals surface area contributed by atoms with E-state index in [1.165, 1.54) is 6.20 Å². The number of alkyl halides is 1. The number of aromatic nitrogens is 2. The van der Waals surface area contributed by atoms with E-state index < -0.39 is 30.8 Å². The van der Waals surface area contributed by atoms with E-state index in [1.54, 1.807) is 6.92 Å². The fourth-order valence-corrected chi connectivity index (χ4v) is 2.04. The average molecular weight is 297 g/mol. The second-order valence-corrected chi connectivity index (χ2v) is 4.31. The lowest BCUT2D eigenvalue weighted by Crippen LogP contribution is -2.31. The molecule has 2 heterocycles. The normalized spacial score (nSPS) is 26.7. The molecule has 112 valence electrons. The van der Waals surface area contributed by atoms with Gasteiger partial charge in [-0.25, -0.2) is 13.6 Å². The SMILES string of the molecule is CC#Cc1cn(C2OC(CO)/C(=C/F)C2F)c(=O)nc1N. The van der Waals surface area contributed by atoms with Crippen LogP contribution in [-0.4, -0.2) is 33.5 Å². The Morgan fingerprint density at radius 2 is 2.38 bits per heavy atom. The molecule has 1 aromatic rings. The number of rotatable bonds is 2. The standard InChI is InChI=1S/C13H13F2N3O3/c1-2-3-7-5-18(13(20)17-11(7)16)12-10(15)8(4-14)9(6-19)21-12/h4-5,9-10,12,19H,6H2,1H3,(H2,16,17,20)/b8-4-. The van der Waals surface area contributed by atoms with Crippen molar-refractivity contribution in [1.82, 2.24) is 9.55 Å². The molecule has 0 bridgehead atoms. The fraction of sp³-hybridized carbons (Fsp3) is 0.385. The Hall–Kier alpha value is -2.24. The Bertz CT molecular complexity index is 690. The Morgan fingerprint density at radius 1 is 1.67 bits per heavy atom. The van der Waals surface area contributed by atoms with Crippen LogP contribution in [0.2, 0.25) is 0 Å². The van der Waals surface area contributed by atoms with Gasteiger partial charge in [-0.05, 0) is 6.92 Å². The number of hydrogen-bond acceptors (Lipinski definition) is 5. The first-order valence-electron chi connectivity index (χ1n) is 6.05. The van der Waals surface area contributed by atoms with Gasteiger partial charge in [0.15, 0.2) is 12.4 Å². The second-order valence-electron chi connectivity index (χ2n) is 4.31. The third-order valence-corrected chi connectivity index (χ3v) is 3.05. The predicted molar refractivity (Wildman–Crippen MR) is 70.5 cm³/mol. The molecule has 0 radical (unpaired) electrons. The molecule has 1 aromatic heterocycles. The van der Waals surface area contributed by atoms with Crippen molar-refractivity contribution in [1.29, 1.82) is 0 Å². The summed E-state index contributed by atoms with van der Waals surface area (Å²) in [7, 11) is 0. The molecular weight excluding hydrogens is 284 g/mol.